The second-order valence-corrected chi connectivity index (χ2v) is 10.7. The van der Waals surface area contributed by atoms with Gasteiger partial charge in [0.1, 0.15) is 6.33 Å². The second kappa shape index (κ2) is 7.24. The molecule has 0 N–H and O–H groups in total. The number of benzene rings is 1. The van der Waals surface area contributed by atoms with Gasteiger partial charge in [0.2, 0.25) is 0 Å². The lowest BCUT2D eigenvalue weighted by Crippen LogP contribution is -2.44. The highest BCUT2D eigenvalue weighted by atomic mass is 32.2. The van der Waals surface area contributed by atoms with Crippen LogP contribution in [0.5, 0.6) is 0 Å². The Hall–Kier alpha value is -3.05. The summed E-state index contributed by atoms with van der Waals surface area (Å²) in [7, 11) is -0.945. The molecule has 1 saturated carbocycles. The maximum Gasteiger partial charge on any atom is 0.310 e. The van der Waals surface area contributed by atoms with Gasteiger partial charge in [0.05, 0.1) is 37.0 Å². The molecule has 0 bridgehead atoms. The molecular formula is C21H23N5O5S. The summed E-state index contributed by atoms with van der Waals surface area (Å²) in [6, 6.07) is 9.57. The number of rotatable bonds is 5. The number of hydrogen-bond acceptors (Lipinski definition) is 7. The van der Waals surface area contributed by atoms with Gasteiger partial charge in [-0.1, -0.05) is 30.3 Å². The van der Waals surface area contributed by atoms with E-state index in [-0.39, 0.29) is 18.4 Å². The normalized spacial score (nSPS) is 29.3. The van der Waals surface area contributed by atoms with Gasteiger partial charge in [-0.05, 0) is 12.0 Å². The Bertz CT molecular complexity index is 1210. The number of carbonyl (C=O) groups is 2. The molecular weight excluding hydrogens is 434 g/mol. The van der Waals surface area contributed by atoms with Crippen molar-refractivity contribution in [2.75, 3.05) is 20.7 Å². The largest absolute Gasteiger partial charge is 0.465 e. The summed E-state index contributed by atoms with van der Waals surface area (Å²) < 4.78 is 32.4. The van der Waals surface area contributed by atoms with Crippen LogP contribution in [0.25, 0.3) is 0 Å². The number of esters is 1. The quantitative estimate of drug-likeness (QED) is 0.608. The highest BCUT2D eigenvalue weighted by Crippen LogP contribution is 2.56. The topological polar surface area (TPSA) is 114 Å². The molecule has 32 heavy (non-hydrogen) atoms. The van der Waals surface area contributed by atoms with Crippen molar-refractivity contribution in [2.45, 2.75) is 24.4 Å². The van der Waals surface area contributed by atoms with Gasteiger partial charge in [0.25, 0.3) is 5.91 Å². The maximum absolute atomic E-state index is 13.7. The zero-order valence-corrected chi connectivity index (χ0v) is 18.5. The van der Waals surface area contributed by atoms with Crippen molar-refractivity contribution in [1.29, 1.82) is 0 Å². The molecule has 1 spiro atoms. The van der Waals surface area contributed by atoms with Crippen molar-refractivity contribution in [1.82, 2.24) is 18.2 Å². The average Bonchev–Trinajstić information content (AvgIpc) is 3.52. The number of ether oxygens (including phenoxy) is 1. The maximum atomic E-state index is 13.7. The minimum absolute atomic E-state index is 0.180. The van der Waals surface area contributed by atoms with Crippen LogP contribution in [0.2, 0.25) is 0 Å². The van der Waals surface area contributed by atoms with Gasteiger partial charge in [-0.3, -0.25) is 19.5 Å². The summed E-state index contributed by atoms with van der Waals surface area (Å²) >= 11 is 0. The molecule has 4 atom stereocenters. The summed E-state index contributed by atoms with van der Waals surface area (Å²) in [5.41, 5.74) is 0.0960. The Kier molecular flexibility index (Phi) is 4.71. The number of imidazole rings is 1. The molecule has 168 valence electrons. The van der Waals surface area contributed by atoms with Gasteiger partial charge < -0.3 is 4.74 Å². The van der Waals surface area contributed by atoms with Crippen LogP contribution in [0, 0.1) is 11.8 Å². The third kappa shape index (κ3) is 2.99. The van der Waals surface area contributed by atoms with Crippen molar-refractivity contribution < 1.29 is 22.7 Å². The molecule has 2 fully saturated rings. The van der Waals surface area contributed by atoms with E-state index in [4.69, 9.17) is 4.74 Å². The van der Waals surface area contributed by atoms with Gasteiger partial charge in [-0.25, -0.2) is 8.96 Å². The second-order valence-electron chi connectivity index (χ2n) is 8.60. The number of amides is 1. The van der Waals surface area contributed by atoms with Gasteiger partial charge in [-0.15, -0.1) is 0 Å². The van der Waals surface area contributed by atoms with Crippen LogP contribution in [0.1, 0.15) is 23.6 Å². The van der Waals surface area contributed by atoms with Gasteiger partial charge in [0, 0.05) is 26.2 Å². The Morgan fingerprint density at radius 3 is 2.69 bits per heavy atom. The van der Waals surface area contributed by atoms with E-state index in [0.717, 1.165) is 13.8 Å². The Balaban J connectivity index is 1.53. The van der Waals surface area contributed by atoms with Crippen LogP contribution in [0.15, 0.2) is 47.8 Å². The first-order chi connectivity index (χ1) is 15.2. The molecule has 3 heterocycles. The van der Waals surface area contributed by atoms with E-state index in [1.807, 2.05) is 30.3 Å². The number of carbonyl (C=O) groups excluding carboxylic acids is 2. The van der Waals surface area contributed by atoms with Crippen LogP contribution >= 0.6 is 0 Å². The Morgan fingerprint density at radius 1 is 1.22 bits per heavy atom. The molecule has 11 heteroatoms. The molecule has 10 nitrogen and oxygen atoms in total. The molecule has 2 aromatic rings. The fourth-order valence-electron chi connectivity index (χ4n) is 5.00. The zero-order chi connectivity index (χ0) is 22.7. The molecule has 2 aliphatic heterocycles. The lowest BCUT2D eigenvalue weighted by molar-refractivity contribution is -0.142. The van der Waals surface area contributed by atoms with E-state index in [2.05, 4.69) is 9.98 Å². The Morgan fingerprint density at radius 2 is 1.97 bits per heavy atom. The first-order valence-electron chi connectivity index (χ1n) is 10.3. The molecule has 0 unspecified atom stereocenters. The van der Waals surface area contributed by atoms with Crippen LogP contribution in [-0.2, 0) is 31.1 Å². The first kappa shape index (κ1) is 20.8. The van der Waals surface area contributed by atoms with Crippen LogP contribution in [-0.4, -0.2) is 71.0 Å². The molecule has 1 saturated heterocycles. The minimum Gasteiger partial charge on any atom is -0.465 e. The van der Waals surface area contributed by atoms with Gasteiger partial charge >= 0.3 is 16.2 Å². The minimum atomic E-state index is -3.78. The van der Waals surface area contributed by atoms with Crippen molar-refractivity contribution >= 4 is 28.4 Å². The molecule has 1 aliphatic carbocycles. The van der Waals surface area contributed by atoms with E-state index < -0.39 is 33.6 Å². The van der Waals surface area contributed by atoms with Crippen LogP contribution in [0.3, 0.4) is 0 Å². The first-order valence-corrected chi connectivity index (χ1v) is 11.7. The summed E-state index contributed by atoms with van der Waals surface area (Å²) in [6.45, 7) is 0.584. The number of hydrogen-bond donors (Lipinski definition) is 0. The summed E-state index contributed by atoms with van der Waals surface area (Å²) in [4.78, 5) is 36.8. The van der Waals surface area contributed by atoms with Gasteiger partial charge in [0.15, 0.2) is 5.54 Å². The fraction of sp³-hybridized carbons (Fsp3) is 0.429. The summed E-state index contributed by atoms with van der Waals surface area (Å²) in [5.74, 6) is -2.09. The number of nitrogens with zero attached hydrogens (tertiary/aromatic N) is 5. The number of fused-ring (bicyclic) bond motifs is 1. The van der Waals surface area contributed by atoms with E-state index in [1.54, 1.807) is 4.90 Å². The fourth-order valence-corrected chi connectivity index (χ4v) is 5.78. The average molecular weight is 458 g/mol. The predicted octanol–water partition coefficient (Wildman–Crippen LogP) is 0.624. The van der Waals surface area contributed by atoms with E-state index >= 15 is 0 Å². The third-order valence-electron chi connectivity index (χ3n) is 6.55. The number of aromatic nitrogens is 2. The highest BCUT2D eigenvalue weighted by molar-refractivity contribution is 7.87. The van der Waals surface area contributed by atoms with E-state index in [0.29, 0.717) is 18.7 Å². The van der Waals surface area contributed by atoms with E-state index in [9.17, 15) is 18.0 Å². The van der Waals surface area contributed by atoms with E-state index in [1.165, 1.54) is 33.0 Å². The molecule has 1 aromatic heterocycles. The number of aliphatic imine (C=N–C) groups is 1. The molecule has 1 amide bonds. The SMILES string of the molecule is CN(C)S(=O)(=O)n1cnc([C@@H]2[C@@H]3C(=O)OC[C@@H]3C[C@]23N=CN(Cc2ccccc2)C3=O)c1. The third-order valence-corrected chi connectivity index (χ3v) is 8.20. The van der Waals surface area contributed by atoms with Crippen LogP contribution in [0.4, 0.5) is 0 Å². The smallest absolute Gasteiger partial charge is 0.310 e. The standard InChI is InChI=1S/C21H23N5O5S/c1-24(2)32(29,30)26-10-16(22-12-26)18-17-15(11-31-19(17)27)8-21(18)20(28)25(13-23-21)9-14-6-4-3-5-7-14/h3-7,10,12-13,15,17-18H,8-9,11H2,1-2H3/t15-,17+,18+,21-/m0/s1. The van der Waals surface area contributed by atoms with Crippen molar-refractivity contribution in [3.05, 3.63) is 54.1 Å². The predicted molar refractivity (Wildman–Crippen MR) is 114 cm³/mol. The van der Waals surface area contributed by atoms with Crippen molar-refractivity contribution in [3.63, 3.8) is 0 Å². The lowest BCUT2D eigenvalue weighted by Gasteiger charge is -2.29. The van der Waals surface area contributed by atoms with Crippen molar-refractivity contribution in [2.24, 2.45) is 16.8 Å². The monoisotopic (exact) mass is 457 g/mol. The molecule has 5 rings (SSSR count). The molecule has 3 aliphatic rings. The highest BCUT2D eigenvalue weighted by Gasteiger charge is 2.66. The molecule has 0 radical (unpaired) electrons. The number of cyclic esters (lactones) is 1. The van der Waals surface area contributed by atoms with Crippen LogP contribution < -0.4 is 0 Å². The lowest BCUT2D eigenvalue weighted by atomic mass is 9.80. The molecule has 1 aromatic carbocycles. The Labute approximate surface area is 185 Å². The zero-order valence-electron chi connectivity index (χ0n) is 17.7. The summed E-state index contributed by atoms with van der Waals surface area (Å²) in [5, 5.41) is 0. The van der Waals surface area contributed by atoms with Gasteiger partial charge in [-0.2, -0.15) is 12.7 Å². The van der Waals surface area contributed by atoms with Crippen molar-refractivity contribution in [3.8, 4) is 0 Å². The summed E-state index contributed by atoms with van der Waals surface area (Å²) in [6.07, 6.45) is 4.44.